The van der Waals surface area contributed by atoms with Crippen LogP contribution in [-0.2, 0) is 6.54 Å². The summed E-state index contributed by atoms with van der Waals surface area (Å²) in [7, 11) is 5.55. The van der Waals surface area contributed by atoms with Crippen molar-refractivity contribution in [3.8, 4) is 11.5 Å². The van der Waals surface area contributed by atoms with Crippen molar-refractivity contribution in [1.29, 1.82) is 0 Å². The van der Waals surface area contributed by atoms with Gasteiger partial charge < -0.3 is 25.0 Å². The van der Waals surface area contributed by atoms with E-state index in [1.165, 1.54) is 25.7 Å². The average Bonchev–Trinajstić information content (AvgIpc) is 3.20. The molecule has 0 saturated heterocycles. The first-order valence-corrected chi connectivity index (χ1v) is 9.61. The number of benzene rings is 1. The second-order valence-electron chi connectivity index (χ2n) is 6.72. The summed E-state index contributed by atoms with van der Waals surface area (Å²) in [6, 6.07) is 6.57. The maximum absolute atomic E-state index is 5.45. The van der Waals surface area contributed by atoms with Gasteiger partial charge in [0.25, 0.3) is 0 Å². The summed E-state index contributed by atoms with van der Waals surface area (Å²) in [5.41, 5.74) is 1.04. The molecule has 0 heterocycles. The fourth-order valence-electron chi connectivity index (χ4n) is 3.37. The molecule has 1 saturated carbocycles. The van der Waals surface area contributed by atoms with Crippen LogP contribution in [0.3, 0.4) is 0 Å². The maximum Gasteiger partial charge on any atom is 0.191 e. The minimum atomic E-state index is 0. The van der Waals surface area contributed by atoms with Crippen LogP contribution in [-0.4, -0.2) is 57.8 Å². The number of hydrogen-bond acceptors (Lipinski definition) is 4. The molecule has 1 aromatic rings. The average molecular weight is 490 g/mol. The van der Waals surface area contributed by atoms with Gasteiger partial charge in [-0.05, 0) is 38.9 Å². The first-order chi connectivity index (χ1) is 12.7. The summed E-state index contributed by atoms with van der Waals surface area (Å²) in [4.78, 5) is 7.17. The molecule has 0 aromatic heterocycles. The minimum Gasteiger partial charge on any atom is -0.497 e. The van der Waals surface area contributed by atoms with E-state index in [1.807, 2.05) is 18.2 Å². The highest BCUT2D eigenvalue weighted by Gasteiger charge is 2.18. The Morgan fingerprint density at radius 2 is 1.93 bits per heavy atom. The van der Waals surface area contributed by atoms with E-state index in [0.29, 0.717) is 6.54 Å². The van der Waals surface area contributed by atoms with Crippen molar-refractivity contribution in [2.45, 2.75) is 45.2 Å². The van der Waals surface area contributed by atoms with E-state index < -0.39 is 0 Å². The lowest BCUT2D eigenvalue weighted by Gasteiger charge is -2.24. The summed E-state index contributed by atoms with van der Waals surface area (Å²) in [5, 5.41) is 6.75. The highest BCUT2D eigenvalue weighted by molar-refractivity contribution is 14.0. The maximum atomic E-state index is 5.45. The van der Waals surface area contributed by atoms with Crippen molar-refractivity contribution in [1.82, 2.24) is 15.5 Å². The smallest absolute Gasteiger partial charge is 0.191 e. The fourth-order valence-corrected chi connectivity index (χ4v) is 3.37. The lowest BCUT2D eigenvalue weighted by atomic mass is 10.2. The summed E-state index contributed by atoms with van der Waals surface area (Å²) in [5.74, 6) is 2.42. The number of nitrogens with one attached hydrogen (secondary N) is 2. The van der Waals surface area contributed by atoms with Crippen molar-refractivity contribution in [3.63, 3.8) is 0 Å². The van der Waals surface area contributed by atoms with Crippen LogP contribution in [0.15, 0.2) is 23.2 Å². The van der Waals surface area contributed by atoms with Gasteiger partial charge in [-0.15, -0.1) is 24.0 Å². The second kappa shape index (κ2) is 13.0. The number of likely N-dealkylation sites (N-methyl/N-ethyl adjacent to an activating group) is 1. The highest BCUT2D eigenvalue weighted by atomic mass is 127. The first kappa shape index (κ1) is 23.8. The van der Waals surface area contributed by atoms with Crippen LogP contribution in [0.5, 0.6) is 11.5 Å². The Balaban J connectivity index is 0.00000364. The Hall–Kier alpha value is -1.22. The molecule has 0 unspecified atom stereocenters. The molecule has 154 valence electrons. The molecule has 0 atom stereocenters. The van der Waals surface area contributed by atoms with Gasteiger partial charge >= 0.3 is 0 Å². The van der Waals surface area contributed by atoms with E-state index in [2.05, 4.69) is 29.5 Å². The predicted molar refractivity (Wildman–Crippen MR) is 123 cm³/mol. The van der Waals surface area contributed by atoms with Crippen LogP contribution in [0.4, 0.5) is 0 Å². The third-order valence-corrected chi connectivity index (χ3v) is 4.95. The van der Waals surface area contributed by atoms with Gasteiger partial charge in [0.1, 0.15) is 11.5 Å². The van der Waals surface area contributed by atoms with Crippen molar-refractivity contribution >= 4 is 29.9 Å². The number of ether oxygens (including phenoxy) is 2. The van der Waals surface area contributed by atoms with Crippen LogP contribution in [0, 0.1) is 0 Å². The summed E-state index contributed by atoms with van der Waals surface area (Å²) in [6.07, 6.45) is 5.41. The van der Waals surface area contributed by atoms with E-state index in [1.54, 1.807) is 14.2 Å². The van der Waals surface area contributed by atoms with Gasteiger partial charge in [-0.3, -0.25) is 0 Å². The molecule has 0 spiro atoms. The molecular formula is C20H35IN4O2. The Morgan fingerprint density at radius 1 is 1.19 bits per heavy atom. The molecule has 1 aromatic carbocycles. The van der Waals surface area contributed by atoms with Crippen molar-refractivity contribution in [2.24, 2.45) is 4.99 Å². The number of hydrogen-bond donors (Lipinski definition) is 2. The number of aliphatic imine (C=N–C) groups is 1. The Bertz CT molecular complexity index is 577. The molecule has 0 aliphatic heterocycles. The molecule has 1 aliphatic rings. The van der Waals surface area contributed by atoms with Gasteiger partial charge in [0.15, 0.2) is 5.96 Å². The number of nitrogens with zero attached hydrogens (tertiary/aromatic N) is 2. The Kier molecular flexibility index (Phi) is 11.5. The van der Waals surface area contributed by atoms with Crippen LogP contribution < -0.4 is 20.1 Å². The minimum absolute atomic E-state index is 0. The zero-order valence-corrected chi connectivity index (χ0v) is 19.4. The highest BCUT2D eigenvalue weighted by Crippen LogP contribution is 2.25. The van der Waals surface area contributed by atoms with Gasteiger partial charge in [0.2, 0.25) is 0 Å². The molecule has 27 heavy (non-hydrogen) atoms. The quantitative estimate of drug-likeness (QED) is 0.316. The van der Waals surface area contributed by atoms with E-state index >= 15 is 0 Å². The molecule has 1 aliphatic carbocycles. The summed E-state index contributed by atoms with van der Waals surface area (Å²) in [6.45, 7) is 5.39. The molecule has 6 nitrogen and oxygen atoms in total. The third kappa shape index (κ3) is 7.73. The van der Waals surface area contributed by atoms with Crippen molar-refractivity contribution < 1.29 is 9.47 Å². The molecule has 2 N–H and O–H groups in total. The van der Waals surface area contributed by atoms with Gasteiger partial charge in [0.05, 0.1) is 20.8 Å². The zero-order valence-electron chi connectivity index (χ0n) is 17.1. The van der Waals surface area contributed by atoms with E-state index in [0.717, 1.165) is 48.7 Å². The van der Waals surface area contributed by atoms with Crippen LogP contribution in [0.1, 0.15) is 38.2 Å². The van der Waals surface area contributed by atoms with E-state index in [-0.39, 0.29) is 24.0 Å². The predicted octanol–water partition coefficient (Wildman–Crippen LogP) is 3.25. The van der Waals surface area contributed by atoms with Gasteiger partial charge in [-0.25, -0.2) is 4.99 Å². The summed E-state index contributed by atoms with van der Waals surface area (Å²) >= 11 is 0. The normalized spacial score (nSPS) is 14.8. The zero-order chi connectivity index (χ0) is 18.8. The largest absolute Gasteiger partial charge is 0.497 e. The molecule has 0 bridgehead atoms. The third-order valence-electron chi connectivity index (χ3n) is 4.95. The Morgan fingerprint density at radius 3 is 2.56 bits per heavy atom. The molecule has 0 amide bonds. The number of halogens is 1. The van der Waals surface area contributed by atoms with E-state index in [9.17, 15) is 0 Å². The van der Waals surface area contributed by atoms with Crippen molar-refractivity contribution in [3.05, 3.63) is 23.8 Å². The second-order valence-corrected chi connectivity index (χ2v) is 6.72. The Labute approximate surface area is 181 Å². The number of guanidine groups is 1. The van der Waals surface area contributed by atoms with Gasteiger partial charge in [0, 0.05) is 37.3 Å². The number of methoxy groups -OCH3 is 2. The number of rotatable bonds is 9. The van der Waals surface area contributed by atoms with Gasteiger partial charge in [-0.2, -0.15) is 0 Å². The molecule has 7 heteroatoms. The SMILES string of the molecule is CCNC(=NCc1ccc(OC)cc1OC)NCCN(C)C1CCCC1.I. The molecule has 1 fully saturated rings. The monoisotopic (exact) mass is 490 g/mol. The van der Waals surface area contributed by atoms with Gasteiger partial charge in [-0.1, -0.05) is 12.8 Å². The van der Waals surface area contributed by atoms with Crippen LogP contribution in [0.25, 0.3) is 0 Å². The molecular weight excluding hydrogens is 455 g/mol. The first-order valence-electron chi connectivity index (χ1n) is 9.61. The van der Waals surface area contributed by atoms with Crippen LogP contribution in [0.2, 0.25) is 0 Å². The van der Waals surface area contributed by atoms with Crippen LogP contribution >= 0.6 is 24.0 Å². The standard InChI is InChI=1S/C20H34N4O2.HI/c1-5-21-20(22-12-13-24(2)17-8-6-7-9-17)23-15-16-10-11-18(25-3)14-19(16)26-4;/h10-11,14,17H,5-9,12-13,15H2,1-4H3,(H2,21,22,23);1H. The van der Waals surface area contributed by atoms with Crippen molar-refractivity contribution in [2.75, 3.05) is 40.9 Å². The van der Waals surface area contributed by atoms with E-state index in [4.69, 9.17) is 14.5 Å². The molecule has 0 radical (unpaired) electrons. The lowest BCUT2D eigenvalue weighted by molar-refractivity contribution is 0.249. The topological polar surface area (TPSA) is 58.1 Å². The summed E-state index contributed by atoms with van der Waals surface area (Å²) < 4.78 is 10.7. The molecule has 2 rings (SSSR count). The lowest BCUT2D eigenvalue weighted by Crippen LogP contribution is -2.42. The fraction of sp³-hybridized carbons (Fsp3) is 0.650.